The Morgan fingerprint density at radius 2 is 1.88 bits per heavy atom. The summed E-state index contributed by atoms with van der Waals surface area (Å²) in [6, 6.07) is 22.3. The molecule has 0 bridgehead atoms. The number of ketones is 1. The second-order valence-corrected chi connectivity index (χ2v) is 8.95. The normalized spacial score (nSPS) is 11.2. The highest BCUT2D eigenvalue weighted by Gasteiger charge is 2.10. The monoisotopic (exact) mass is 442 g/mol. The number of aromatic nitrogens is 2. The minimum absolute atomic E-state index is 0.0187. The molecular formula is C27H26N2O2S. The number of ether oxygens (including phenoxy) is 1. The molecule has 0 aliphatic carbocycles. The van der Waals surface area contributed by atoms with Crippen molar-refractivity contribution in [3.8, 4) is 5.75 Å². The van der Waals surface area contributed by atoms with Gasteiger partial charge in [0.05, 0.1) is 24.2 Å². The predicted octanol–water partition coefficient (Wildman–Crippen LogP) is 6.11. The highest BCUT2D eigenvalue weighted by molar-refractivity contribution is 7.14. The molecule has 4 nitrogen and oxygen atoms in total. The summed E-state index contributed by atoms with van der Waals surface area (Å²) in [6.45, 7) is 4.65. The van der Waals surface area contributed by atoms with Crippen molar-refractivity contribution in [2.24, 2.45) is 0 Å². The van der Waals surface area contributed by atoms with E-state index < -0.39 is 0 Å². The number of thiophene rings is 1. The van der Waals surface area contributed by atoms with Gasteiger partial charge in [-0.15, -0.1) is 11.3 Å². The molecule has 0 aliphatic heterocycles. The number of nitrogens with zero attached hydrogens (tertiary/aromatic N) is 2. The Bertz CT molecular complexity index is 1250. The Morgan fingerprint density at radius 1 is 1.06 bits per heavy atom. The summed E-state index contributed by atoms with van der Waals surface area (Å²) in [6.07, 6.45) is 4.35. The van der Waals surface area contributed by atoms with Gasteiger partial charge in [0.25, 0.3) is 0 Å². The van der Waals surface area contributed by atoms with Crippen LogP contribution in [0.3, 0.4) is 0 Å². The molecule has 0 amide bonds. The van der Waals surface area contributed by atoms with Crippen molar-refractivity contribution >= 4 is 23.2 Å². The average Bonchev–Trinajstić information content (AvgIpc) is 3.38. The summed E-state index contributed by atoms with van der Waals surface area (Å²) in [5.41, 5.74) is 5.32. The Hall–Kier alpha value is -3.44. The zero-order chi connectivity index (χ0) is 22.5. The van der Waals surface area contributed by atoms with Crippen molar-refractivity contribution in [1.29, 1.82) is 0 Å². The van der Waals surface area contributed by atoms with E-state index in [2.05, 4.69) is 23.3 Å². The van der Waals surface area contributed by atoms with Crippen molar-refractivity contribution < 1.29 is 9.53 Å². The van der Waals surface area contributed by atoms with Crippen LogP contribution in [0.5, 0.6) is 5.75 Å². The number of carbonyl (C=O) groups excluding carboxylic acids is 1. The van der Waals surface area contributed by atoms with Crippen molar-refractivity contribution in [1.82, 2.24) is 9.78 Å². The molecule has 0 saturated heterocycles. The van der Waals surface area contributed by atoms with Gasteiger partial charge in [0.15, 0.2) is 5.78 Å². The largest absolute Gasteiger partial charge is 0.496 e. The lowest BCUT2D eigenvalue weighted by atomic mass is 10.1. The van der Waals surface area contributed by atoms with Gasteiger partial charge in [-0.25, -0.2) is 0 Å². The fourth-order valence-corrected chi connectivity index (χ4v) is 4.64. The first-order chi connectivity index (χ1) is 15.5. The number of benzene rings is 2. The number of rotatable bonds is 8. The van der Waals surface area contributed by atoms with E-state index >= 15 is 0 Å². The number of aryl methyl sites for hydroxylation is 2. The fourth-order valence-electron chi connectivity index (χ4n) is 3.68. The molecule has 0 N–H and O–H groups in total. The van der Waals surface area contributed by atoms with Crippen molar-refractivity contribution in [2.75, 3.05) is 7.11 Å². The van der Waals surface area contributed by atoms with Crippen molar-refractivity contribution in [3.05, 3.63) is 111 Å². The smallest absolute Gasteiger partial charge is 0.195 e. The molecule has 0 spiro atoms. The first-order valence-electron chi connectivity index (χ1n) is 10.5. The van der Waals surface area contributed by atoms with Gasteiger partial charge in [-0.05, 0) is 61.4 Å². The van der Waals surface area contributed by atoms with Gasteiger partial charge < -0.3 is 4.74 Å². The number of allylic oxidation sites excluding steroid dienone is 1. The molecule has 4 aromatic rings. The van der Waals surface area contributed by atoms with Crippen LogP contribution < -0.4 is 4.74 Å². The molecule has 0 radical (unpaired) electrons. The maximum Gasteiger partial charge on any atom is 0.195 e. The third-order valence-electron chi connectivity index (χ3n) is 5.28. The Kier molecular flexibility index (Phi) is 6.66. The Balaban J connectivity index is 1.48. The first kappa shape index (κ1) is 21.8. The lowest BCUT2D eigenvalue weighted by Crippen LogP contribution is -2.05. The molecule has 4 rings (SSSR count). The van der Waals surface area contributed by atoms with Gasteiger partial charge in [0.2, 0.25) is 0 Å². The van der Waals surface area contributed by atoms with Crippen LogP contribution in [0.1, 0.15) is 42.6 Å². The van der Waals surface area contributed by atoms with Gasteiger partial charge in [0.1, 0.15) is 5.75 Å². The summed E-state index contributed by atoms with van der Waals surface area (Å²) in [7, 11) is 1.67. The quantitative estimate of drug-likeness (QED) is 0.244. The molecule has 162 valence electrons. The van der Waals surface area contributed by atoms with E-state index in [1.54, 1.807) is 24.5 Å². The second-order valence-electron chi connectivity index (χ2n) is 7.78. The molecule has 0 fully saturated rings. The van der Waals surface area contributed by atoms with Crippen LogP contribution in [0, 0.1) is 13.8 Å². The van der Waals surface area contributed by atoms with Gasteiger partial charge >= 0.3 is 0 Å². The summed E-state index contributed by atoms with van der Waals surface area (Å²) < 4.78 is 7.50. The van der Waals surface area contributed by atoms with Gasteiger partial charge in [-0.3, -0.25) is 9.48 Å². The highest BCUT2D eigenvalue weighted by Crippen LogP contribution is 2.24. The molecular weight excluding hydrogens is 416 g/mol. The third kappa shape index (κ3) is 5.24. The molecule has 32 heavy (non-hydrogen) atoms. The number of carbonyl (C=O) groups is 1. The minimum atomic E-state index is 0.0187. The van der Waals surface area contributed by atoms with E-state index in [1.165, 1.54) is 10.4 Å². The van der Waals surface area contributed by atoms with E-state index in [-0.39, 0.29) is 5.78 Å². The SMILES string of the molecule is COc1ccc(/C=C/C(=O)c2ccc(Cc3ccccc3)s2)cc1Cn1nc(C)cc1C. The number of hydrogen-bond donors (Lipinski definition) is 0. The Labute approximate surface area is 192 Å². The third-order valence-corrected chi connectivity index (χ3v) is 6.38. The van der Waals surface area contributed by atoms with Crippen LogP contribution in [0.4, 0.5) is 0 Å². The number of methoxy groups -OCH3 is 1. The number of hydrogen-bond acceptors (Lipinski definition) is 4. The zero-order valence-electron chi connectivity index (χ0n) is 18.5. The van der Waals surface area contributed by atoms with Gasteiger partial charge in [-0.2, -0.15) is 5.10 Å². The van der Waals surface area contributed by atoms with E-state index in [0.29, 0.717) is 6.54 Å². The molecule has 0 aliphatic rings. The Morgan fingerprint density at radius 3 is 2.59 bits per heavy atom. The summed E-state index contributed by atoms with van der Waals surface area (Å²) in [5, 5.41) is 4.55. The van der Waals surface area contributed by atoms with Crippen LogP contribution in [-0.2, 0) is 13.0 Å². The molecule has 0 unspecified atom stereocenters. The summed E-state index contributed by atoms with van der Waals surface area (Å²) in [5.74, 6) is 0.829. The molecule has 2 heterocycles. The predicted molar refractivity (Wildman–Crippen MR) is 131 cm³/mol. The lowest BCUT2D eigenvalue weighted by molar-refractivity contribution is 0.105. The van der Waals surface area contributed by atoms with Gasteiger partial charge in [-0.1, -0.05) is 42.5 Å². The van der Waals surface area contributed by atoms with Crippen LogP contribution in [0.25, 0.3) is 6.08 Å². The van der Waals surface area contributed by atoms with Crippen molar-refractivity contribution in [3.63, 3.8) is 0 Å². The van der Waals surface area contributed by atoms with E-state index in [1.807, 2.05) is 73.1 Å². The topological polar surface area (TPSA) is 44.1 Å². The molecule has 0 atom stereocenters. The van der Waals surface area contributed by atoms with E-state index in [9.17, 15) is 4.79 Å². The zero-order valence-corrected chi connectivity index (χ0v) is 19.4. The van der Waals surface area contributed by atoms with Crippen LogP contribution >= 0.6 is 11.3 Å². The van der Waals surface area contributed by atoms with Gasteiger partial charge in [0, 0.05) is 22.6 Å². The molecule has 2 aromatic carbocycles. The van der Waals surface area contributed by atoms with Crippen molar-refractivity contribution in [2.45, 2.75) is 26.8 Å². The fraction of sp³-hybridized carbons (Fsp3) is 0.185. The second kappa shape index (κ2) is 9.79. The highest BCUT2D eigenvalue weighted by atomic mass is 32.1. The van der Waals surface area contributed by atoms with Crippen LogP contribution in [0.15, 0.2) is 72.8 Å². The van der Waals surface area contributed by atoms with E-state index in [4.69, 9.17) is 4.74 Å². The van der Waals surface area contributed by atoms with E-state index in [0.717, 1.165) is 39.6 Å². The lowest BCUT2D eigenvalue weighted by Gasteiger charge is -2.11. The molecule has 0 saturated carbocycles. The summed E-state index contributed by atoms with van der Waals surface area (Å²) >= 11 is 1.55. The first-order valence-corrected chi connectivity index (χ1v) is 11.4. The maximum absolute atomic E-state index is 12.7. The van der Waals surface area contributed by atoms with Crippen LogP contribution in [0.2, 0.25) is 0 Å². The average molecular weight is 443 g/mol. The maximum atomic E-state index is 12.7. The summed E-state index contributed by atoms with van der Waals surface area (Å²) in [4.78, 5) is 14.7. The standard InChI is InChI=1S/C27H26N2O2S/c1-19-15-20(2)29(28-19)18-23-16-22(10-13-26(23)31-3)9-12-25(30)27-14-11-24(32-27)17-21-7-5-4-6-8-21/h4-16H,17-18H2,1-3H3/b12-9+. The molecule has 5 heteroatoms. The minimum Gasteiger partial charge on any atom is -0.496 e. The molecule has 2 aromatic heterocycles. The van der Waals surface area contributed by atoms with Crippen LogP contribution in [-0.4, -0.2) is 22.7 Å².